The lowest BCUT2D eigenvalue weighted by Gasteiger charge is -2.28. The van der Waals surface area contributed by atoms with E-state index in [1.165, 1.54) is 10.4 Å². The molecule has 3 aromatic heterocycles. The number of hydrogen-bond donors (Lipinski definition) is 2. The van der Waals surface area contributed by atoms with Crippen molar-refractivity contribution < 1.29 is 9.84 Å². The van der Waals surface area contributed by atoms with Gasteiger partial charge in [-0.05, 0) is 30.9 Å². The van der Waals surface area contributed by atoms with Gasteiger partial charge in [0.1, 0.15) is 10.6 Å². The molecule has 0 aromatic carbocycles. The molecule has 1 fully saturated rings. The normalized spacial score (nSPS) is 16.7. The molecule has 27 heavy (non-hydrogen) atoms. The van der Waals surface area contributed by atoms with E-state index in [0.717, 1.165) is 53.0 Å². The van der Waals surface area contributed by atoms with Crippen molar-refractivity contribution in [3.63, 3.8) is 0 Å². The fourth-order valence-electron chi connectivity index (χ4n) is 3.25. The summed E-state index contributed by atoms with van der Waals surface area (Å²) in [5.74, 6) is 1.55. The number of nitrogens with zero attached hydrogens (tertiary/aromatic N) is 3. The predicted molar refractivity (Wildman–Crippen MR) is 112 cm³/mol. The Morgan fingerprint density at radius 3 is 2.85 bits per heavy atom. The minimum absolute atomic E-state index is 0.460. The van der Waals surface area contributed by atoms with Crippen LogP contribution < -0.4 is 5.32 Å². The van der Waals surface area contributed by atoms with Gasteiger partial charge in [0.25, 0.3) is 0 Å². The summed E-state index contributed by atoms with van der Waals surface area (Å²) in [5.41, 5.74) is 1.21. The number of aryl methyl sites for hydroxylation is 2. The van der Waals surface area contributed by atoms with Crippen LogP contribution >= 0.6 is 22.7 Å². The maximum Gasteiger partial charge on any atom is 0.173 e. The molecule has 4 heterocycles. The van der Waals surface area contributed by atoms with E-state index in [1.807, 2.05) is 17.5 Å². The monoisotopic (exact) mass is 404 g/mol. The number of rotatable bonds is 6. The molecule has 0 bridgehead atoms. The number of fused-ring (bicyclic) bond motifs is 1. The molecule has 1 aliphatic heterocycles. The van der Waals surface area contributed by atoms with Crippen LogP contribution in [0.2, 0.25) is 0 Å². The number of thiophene rings is 2. The van der Waals surface area contributed by atoms with E-state index < -0.39 is 6.10 Å². The third kappa shape index (κ3) is 4.14. The molecule has 0 spiro atoms. The van der Waals surface area contributed by atoms with Crippen molar-refractivity contribution in [2.24, 2.45) is 0 Å². The van der Waals surface area contributed by atoms with Gasteiger partial charge in [-0.25, -0.2) is 9.97 Å². The van der Waals surface area contributed by atoms with Gasteiger partial charge in [0.2, 0.25) is 0 Å². The average molecular weight is 405 g/mol. The molecule has 8 heteroatoms. The topological polar surface area (TPSA) is 70.5 Å². The highest BCUT2D eigenvalue weighted by molar-refractivity contribution is 7.19. The number of β-amino-alcohol motifs (C(OH)–C–C–N with tert-alkyl or cyclic N) is 1. The summed E-state index contributed by atoms with van der Waals surface area (Å²) < 4.78 is 5.37. The van der Waals surface area contributed by atoms with E-state index in [9.17, 15) is 5.11 Å². The fourth-order valence-corrected chi connectivity index (χ4v) is 4.94. The van der Waals surface area contributed by atoms with Crippen LogP contribution in [0, 0.1) is 13.8 Å². The zero-order valence-corrected chi connectivity index (χ0v) is 17.2. The first-order chi connectivity index (χ1) is 13.1. The van der Waals surface area contributed by atoms with Gasteiger partial charge in [0.15, 0.2) is 5.82 Å². The summed E-state index contributed by atoms with van der Waals surface area (Å²) >= 11 is 3.33. The van der Waals surface area contributed by atoms with Crippen LogP contribution in [-0.4, -0.2) is 65.5 Å². The molecule has 1 saturated heterocycles. The van der Waals surface area contributed by atoms with Crippen LogP contribution in [0.5, 0.6) is 0 Å². The molecule has 1 aliphatic rings. The second kappa shape index (κ2) is 8.20. The van der Waals surface area contributed by atoms with Crippen LogP contribution in [0.25, 0.3) is 20.9 Å². The van der Waals surface area contributed by atoms with Gasteiger partial charge in [-0.3, -0.25) is 4.90 Å². The molecule has 1 atom stereocenters. The van der Waals surface area contributed by atoms with E-state index in [2.05, 4.69) is 24.1 Å². The van der Waals surface area contributed by atoms with Crippen LogP contribution in [0.3, 0.4) is 0 Å². The smallest absolute Gasteiger partial charge is 0.173 e. The number of aromatic nitrogens is 2. The predicted octanol–water partition coefficient (Wildman–Crippen LogP) is 3.14. The Bertz CT molecular complexity index is 904. The summed E-state index contributed by atoms with van der Waals surface area (Å²) in [6, 6.07) is 4.05. The van der Waals surface area contributed by atoms with Crippen molar-refractivity contribution in [3.05, 3.63) is 28.0 Å². The standard InChI is InChI=1S/C19H24N4O2S2/c1-12-13(2)27-19-16(12)18(21-17(22-19)15-4-3-9-26-15)20-10-14(24)11-23-5-7-25-8-6-23/h3-4,9,14,24H,5-8,10-11H2,1-2H3,(H,20,21,22)/t14-/m0/s1. The Labute approximate surface area is 166 Å². The summed E-state index contributed by atoms with van der Waals surface area (Å²) in [5, 5.41) is 17.0. The highest BCUT2D eigenvalue weighted by Crippen LogP contribution is 2.35. The highest BCUT2D eigenvalue weighted by atomic mass is 32.1. The number of morpholine rings is 1. The molecule has 144 valence electrons. The largest absolute Gasteiger partial charge is 0.390 e. The van der Waals surface area contributed by atoms with Crippen LogP contribution in [0.15, 0.2) is 17.5 Å². The lowest BCUT2D eigenvalue weighted by atomic mass is 10.2. The summed E-state index contributed by atoms with van der Waals surface area (Å²) in [6.07, 6.45) is -0.460. The Morgan fingerprint density at radius 1 is 1.30 bits per heavy atom. The molecule has 2 N–H and O–H groups in total. The zero-order chi connectivity index (χ0) is 18.8. The molecule has 6 nitrogen and oxygen atoms in total. The number of aliphatic hydroxyl groups is 1. The van der Waals surface area contributed by atoms with E-state index >= 15 is 0 Å². The fraction of sp³-hybridized carbons (Fsp3) is 0.474. The second-order valence-electron chi connectivity index (χ2n) is 6.78. The highest BCUT2D eigenvalue weighted by Gasteiger charge is 2.18. The van der Waals surface area contributed by atoms with E-state index in [4.69, 9.17) is 14.7 Å². The summed E-state index contributed by atoms with van der Waals surface area (Å²) in [7, 11) is 0. The van der Waals surface area contributed by atoms with Crippen molar-refractivity contribution in [2.75, 3.05) is 44.7 Å². The third-order valence-electron chi connectivity index (χ3n) is 4.85. The number of hydrogen-bond acceptors (Lipinski definition) is 8. The van der Waals surface area contributed by atoms with Crippen molar-refractivity contribution >= 4 is 38.7 Å². The van der Waals surface area contributed by atoms with Crippen molar-refractivity contribution in [1.29, 1.82) is 0 Å². The van der Waals surface area contributed by atoms with Gasteiger partial charge in [0.05, 0.1) is 29.6 Å². The maximum atomic E-state index is 10.5. The first-order valence-electron chi connectivity index (χ1n) is 9.15. The second-order valence-corrected chi connectivity index (χ2v) is 8.94. The molecule has 0 radical (unpaired) electrons. The number of nitrogens with one attached hydrogen (secondary N) is 1. The van der Waals surface area contributed by atoms with Crippen LogP contribution in [-0.2, 0) is 4.74 Å². The van der Waals surface area contributed by atoms with Gasteiger partial charge in [-0.1, -0.05) is 6.07 Å². The zero-order valence-electron chi connectivity index (χ0n) is 15.6. The number of aliphatic hydroxyl groups excluding tert-OH is 1. The van der Waals surface area contributed by atoms with E-state index in [1.54, 1.807) is 22.7 Å². The first-order valence-corrected chi connectivity index (χ1v) is 10.8. The van der Waals surface area contributed by atoms with Crippen LogP contribution in [0.1, 0.15) is 10.4 Å². The number of anilines is 1. The van der Waals surface area contributed by atoms with E-state index in [0.29, 0.717) is 13.1 Å². The van der Waals surface area contributed by atoms with Gasteiger partial charge in [0, 0.05) is 31.1 Å². The van der Waals surface area contributed by atoms with E-state index in [-0.39, 0.29) is 0 Å². The molecule has 4 rings (SSSR count). The Kier molecular flexibility index (Phi) is 5.70. The van der Waals surface area contributed by atoms with Crippen molar-refractivity contribution in [2.45, 2.75) is 20.0 Å². The molecule has 3 aromatic rings. The van der Waals surface area contributed by atoms with Gasteiger partial charge in [-0.15, -0.1) is 22.7 Å². The van der Waals surface area contributed by atoms with Gasteiger partial charge >= 0.3 is 0 Å². The lowest BCUT2D eigenvalue weighted by Crippen LogP contribution is -2.42. The maximum absolute atomic E-state index is 10.5. The quantitative estimate of drug-likeness (QED) is 0.658. The average Bonchev–Trinajstić information content (AvgIpc) is 3.29. The number of ether oxygens (including phenoxy) is 1. The SMILES string of the molecule is Cc1sc2nc(-c3cccs3)nc(NC[C@H](O)CN3CCOCC3)c2c1C. The first kappa shape index (κ1) is 18.8. The Morgan fingerprint density at radius 2 is 2.11 bits per heavy atom. The lowest BCUT2D eigenvalue weighted by molar-refractivity contribution is 0.0171. The minimum Gasteiger partial charge on any atom is -0.390 e. The molecule has 0 amide bonds. The van der Waals surface area contributed by atoms with Crippen molar-refractivity contribution in [1.82, 2.24) is 14.9 Å². The van der Waals surface area contributed by atoms with Crippen LogP contribution in [0.4, 0.5) is 5.82 Å². The molecule has 0 aliphatic carbocycles. The summed E-state index contributed by atoms with van der Waals surface area (Å²) in [6.45, 7) is 8.56. The third-order valence-corrected chi connectivity index (χ3v) is 6.81. The molecule has 0 saturated carbocycles. The van der Waals surface area contributed by atoms with Gasteiger partial charge in [-0.2, -0.15) is 0 Å². The molecule has 0 unspecified atom stereocenters. The Balaban J connectivity index is 1.56. The molecular weight excluding hydrogens is 380 g/mol. The minimum atomic E-state index is -0.460. The summed E-state index contributed by atoms with van der Waals surface area (Å²) in [4.78, 5) is 15.1. The van der Waals surface area contributed by atoms with Gasteiger partial charge < -0.3 is 15.2 Å². The Hall–Kier alpha value is -1.58. The molecular formula is C19H24N4O2S2. The van der Waals surface area contributed by atoms with Crippen molar-refractivity contribution in [3.8, 4) is 10.7 Å².